The number of likely N-dealkylation sites (N-methyl/N-ethyl adjacent to an activating group) is 1. The Hall–Kier alpha value is -4.27. The predicted molar refractivity (Wildman–Crippen MR) is 161 cm³/mol. The average Bonchev–Trinajstić information content (AvgIpc) is 3.60. The summed E-state index contributed by atoms with van der Waals surface area (Å²) in [5.41, 5.74) is -0.000821. The number of piperazine rings is 1. The molecule has 4 atom stereocenters. The van der Waals surface area contributed by atoms with E-state index in [-0.39, 0.29) is 13.2 Å². The molecule has 0 spiro atoms. The van der Waals surface area contributed by atoms with Crippen molar-refractivity contribution in [3.8, 4) is 17.6 Å². The third kappa shape index (κ3) is 4.48. The van der Waals surface area contributed by atoms with Crippen molar-refractivity contribution >= 4 is 45.6 Å². The van der Waals surface area contributed by atoms with Gasteiger partial charge in [-0.15, -0.1) is 0 Å². The van der Waals surface area contributed by atoms with Crippen LogP contribution < -0.4 is 9.47 Å². The molecule has 1 unspecified atom stereocenters. The summed E-state index contributed by atoms with van der Waals surface area (Å²) in [7, 11) is 1.47. The Labute approximate surface area is 257 Å². The summed E-state index contributed by atoms with van der Waals surface area (Å²) in [6.45, 7) is 3.26. The number of hydrogen-bond acceptors (Lipinski definition) is 9. The summed E-state index contributed by atoms with van der Waals surface area (Å²) in [5, 5.41) is 9.80. The van der Waals surface area contributed by atoms with Gasteiger partial charge in [0, 0.05) is 24.6 Å². The van der Waals surface area contributed by atoms with Gasteiger partial charge in [-0.1, -0.05) is 66.7 Å². The second kappa shape index (κ2) is 10.5. The fourth-order valence-corrected chi connectivity index (χ4v) is 8.46. The number of carbonyl (C=O) groups excluding carboxylic acids is 4. The minimum atomic E-state index is -1.75. The normalized spacial score (nSPS) is 27.5. The van der Waals surface area contributed by atoms with Crippen LogP contribution in [0.5, 0.6) is 11.5 Å². The van der Waals surface area contributed by atoms with Gasteiger partial charge in [0.2, 0.25) is 17.0 Å². The Bertz CT molecular complexity index is 1700. The monoisotopic (exact) mass is 613 g/mol. The zero-order valence-electron chi connectivity index (χ0n) is 23.6. The van der Waals surface area contributed by atoms with Gasteiger partial charge in [0.1, 0.15) is 0 Å². The van der Waals surface area contributed by atoms with E-state index in [0.29, 0.717) is 28.2 Å². The summed E-state index contributed by atoms with van der Waals surface area (Å²) >= 11 is 1.48. The number of nitrogens with zero attached hydrogens (tertiary/aromatic N) is 3. The van der Waals surface area contributed by atoms with E-state index in [4.69, 9.17) is 9.47 Å². The average molecular weight is 614 g/mol. The summed E-state index contributed by atoms with van der Waals surface area (Å²) in [6.07, 6.45) is -0.110. The van der Waals surface area contributed by atoms with Crippen molar-refractivity contribution in [1.82, 2.24) is 9.80 Å². The summed E-state index contributed by atoms with van der Waals surface area (Å²) in [6, 6.07) is 23.6. The van der Waals surface area contributed by atoms with E-state index >= 15 is 0 Å². The minimum Gasteiger partial charge on any atom is -0.454 e. The van der Waals surface area contributed by atoms with Gasteiger partial charge in [-0.3, -0.25) is 19.2 Å². The van der Waals surface area contributed by atoms with Crippen LogP contribution in [0, 0.1) is 16.7 Å². The van der Waals surface area contributed by atoms with Crippen LogP contribution in [-0.2, 0) is 9.59 Å². The lowest BCUT2D eigenvalue weighted by Gasteiger charge is -2.52. The molecule has 3 aliphatic heterocycles. The smallest absolute Gasteiger partial charge is 0.261 e. The van der Waals surface area contributed by atoms with Crippen molar-refractivity contribution in [2.45, 2.75) is 36.1 Å². The van der Waals surface area contributed by atoms with Crippen molar-refractivity contribution in [3.63, 3.8) is 0 Å². The van der Waals surface area contributed by atoms with E-state index in [1.807, 2.05) is 0 Å². The molecule has 218 valence electrons. The number of rotatable bonds is 5. The molecule has 9 nitrogen and oxygen atoms in total. The molecule has 0 aromatic heterocycles. The first-order valence-electron chi connectivity index (χ1n) is 13.5. The predicted octanol–water partition coefficient (Wildman–Crippen LogP) is 5.25. The highest BCUT2D eigenvalue weighted by atomic mass is 32.2. The van der Waals surface area contributed by atoms with Crippen LogP contribution >= 0.6 is 23.5 Å². The first-order chi connectivity index (χ1) is 20.5. The molecule has 2 saturated heterocycles. The molecule has 3 aromatic rings. The minimum absolute atomic E-state index is 0.0343. The Morgan fingerprint density at radius 2 is 1.44 bits per heavy atom. The zero-order valence-corrected chi connectivity index (χ0v) is 25.2. The Morgan fingerprint density at radius 1 is 0.860 bits per heavy atom. The molecule has 0 radical (unpaired) electrons. The highest BCUT2D eigenvalue weighted by Crippen LogP contribution is 2.63. The van der Waals surface area contributed by atoms with Crippen molar-refractivity contribution in [2.24, 2.45) is 5.41 Å². The SMILES string of the molecule is CN1C(=O)[C@@]2(SC(=O)c3ccccc3)C[C@](C)(C#N)C(c3ccc4c(c3)OCO4)N2C(=O)[C@]1(C)SC(=O)c1ccccc1. The highest BCUT2D eigenvalue weighted by Gasteiger charge is 2.72. The van der Waals surface area contributed by atoms with Crippen LogP contribution in [-0.4, -0.2) is 55.4 Å². The van der Waals surface area contributed by atoms with Gasteiger partial charge < -0.3 is 19.3 Å². The fraction of sp³-hybridized carbons (Fsp3) is 0.281. The summed E-state index contributed by atoms with van der Waals surface area (Å²) in [4.78, 5) is 55.8. The number of benzene rings is 3. The molecule has 0 saturated carbocycles. The van der Waals surface area contributed by atoms with E-state index in [1.165, 1.54) is 23.8 Å². The maximum atomic E-state index is 14.9. The highest BCUT2D eigenvalue weighted by molar-refractivity contribution is 8.16. The Balaban J connectivity index is 1.51. The molecule has 43 heavy (non-hydrogen) atoms. The van der Waals surface area contributed by atoms with Crippen molar-refractivity contribution < 1.29 is 28.7 Å². The molecule has 0 aliphatic carbocycles. The zero-order chi connectivity index (χ0) is 30.6. The van der Waals surface area contributed by atoms with Gasteiger partial charge in [-0.2, -0.15) is 5.26 Å². The first kappa shape index (κ1) is 28.8. The van der Waals surface area contributed by atoms with Crippen LogP contribution in [0.4, 0.5) is 0 Å². The molecule has 3 aromatic carbocycles. The van der Waals surface area contributed by atoms with Gasteiger partial charge in [-0.25, -0.2) is 0 Å². The molecule has 2 fully saturated rings. The second-order valence-corrected chi connectivity index (χ2v) is 13.7. The third-order valence-electron chi connectivity index (χ3n) is 8.29. The van der Waals surface area contributed by atoms with E-state index in [1.54, 1.807) is 85.8 Å². The van der Waals surface area contributed by atoms with Gasteiger partial charge in [0.05, 0.1) is 17.5 Å². The number of nitriles is 1. The number of amides is 2. The molecule has 11 heteroatoms. The van der Waals surface area contributed by atoms with Crippen LogP contribution in [0.3, 0.4) is 0 Å². The van der Waals surface area contributed by atoms with E-state index in [0.717, 1.165) is 23.5 Å². The largest absolute Gasteiger partial charge is 0.454 e. The molecule has 0 N–H and O–H groups in total. The van der Waals surface area contributed by atoms with Crippen molar-refractivity contribution in [1.29, 1.82) is 5.26 Å². The molecule has 2 amide bonds. The lowest BCUT2D eigenvalue weighted by molar-refractivity contribution is -0.163. The van der Waals surface area contributed by atoms with Gasteiger partial charge in [-0.05, 0) is 55.1 Å². The van der Waals surface area contributed by atoms with Crippen molar-refractivity contribution in [3.05, 3.63) is 95.6 Å². The standard InChI is InChI=1S/C32H27N3O6S2/c1-30(18-33)17-32(43-27(37)21-12-8-5-9-13-21)29(39)34(3)31(2,42-26(36)20-10-6-4-7-11-20)28(38)35(32)25(30)22-14-15-23-24(16-22)41-19-40-23/h4-16,25H,17,19H2,1-3H3/t25?,30-,31+,32+/m1/s1. The van der Waals surface area contributed by atoms with E-state index in [2.05, 4.69) is 6.07 Å². The Kier molecular flexibility index (Phi) is 7.02. The molecular weight excluding hydrogens is 587 g/mol. The lowest BCUT2D eigenvalue weighted by atomic mass is 9.79. The lowest BCUT2D eigenvalue weighted by Crippen LogP contribution is -2.71. The van der Waals surface area contributed by atoms with Crippen LogP contribution in [0.1, 0.15) is 52.6 Å². The number of hydrogen-bond donors (Lipinski definition) is 0. The maximum Gasteiger partial charge on any atom is 0.261 e. The van der Waals surface area contributed by atoms with Crippen LogP contribution in [0.2, 0.25) is 0 Å². The summed E-state index contributed by atoms with van der Waals surface area (Å²) in [5.74, 6) is -0.122. The number of thioether (sulfide) groups is 2. The topological polar surface area (TPSA) is 117 Å². The van der Waals surface area contributed by atoms with Gasteiger partial charge in [0.25, 0.3) is 11.8 Å². The third-order valence-corrected chi connectivity index (χ3v) is 10.8. The fourth-order valence-electron chi connectivity index (χ4n) is 6.00. The van der Waals surface area contributed by atoms with Gasteiger partial charge in [0.15, 0.2) is 21.2 Å². The molecule has 0 bridgehead atoms. The first-order valence-corrected chi connectivity index (χ1v) is 15.2. The molecule has 6 rings (SSSR count). The van der Waals surface area contributed by atoms with Crippen LogP contribution in [0.25, 0.3) is 0 Å². The van der Waals surface area contributed by atoms with Crippen molar-refractivity contribution in [2.75, 3.05) is 13.8 Å². The van der Waals surface area contributed by atoms with E-state index < -0.39 is 43.2 Å². The second-order valence-electron chi connectivity index (χ2n) is 11.0. The van der Waals surface area contributed by atoms with E-state index in [9.17, 15) is 24.4 Å². The summed E-state index contributed by atoms with van der Waals surface area (Å²) < 4.78 is 11.1. The number of fused-ring (bicyclic) bond motifs is 2. The molecule has 3 aliphatic rings. The van der Waals surface area contributed by atoms with Crippen LogP contribution in [0.15, 0.2) is 78.9 Å². The maximum absolute atomic E-state index is 14.9. The number of ether oxygens (including phenoxy) is 2. The Morgan fingerprint density at radius 3 is 2.05 bits per heavy atom. The molecule has 3 heterocycles. The molecular formula is C32H27N3O6S2. The quantitative estimate of drug-likeness (QED) is 0.380. The van der Waals surface area contributed by atoms with Gasteiger partial charge >= 0.3 is 0 Å². The number of carbonyl (C=O) groups is 4.